The van der Waals surface area contributed by atoms with Crippen LogP contribution in [0.2, 0.25) is 0 Å². The molecule has 0 spiro atoms. The second kappa shape index (κ2) is 7.29. The van der Waals surface area contributed by atoms with E-state index in [4.69, 9.17) is 0 Å². The number of hydrogen-bond donors (Lipinski definition) is 1. The van der Waals surface area contributed by atoms with E-state index in [1.807, 2.05) is 10.2 Å². The van der Waals surface area contributed by atoms with Crippen LogP contribution in [0.3, 0.4) is 0 Å². The molecule has 1 atom stereocenters. The minimum Gasteiger partial charge on any atom is -0.316 e. The minimum atomic E-state index is -0.0281. The van der Waals surface area contributed by atoms with Gasteiger partial charge in [-0.3, -0.25) is 4.90 Å². The largest absolute Gasteiger partial charge is 0.316 e. The van der Waals surface area contributed by atoms with E-state index >= 15 is 0 Å². The zero-order valence-corrected chi connectivity index (χ0v) is 15.9. The summed E-state index contributed by atoms with van der Waals surface area (Å²) in [5.41, 5.74) is 4.10. The highest BCUT2D eigenvalue weighted by Gasteiger charge is 2.21. The molecule has 1 saturated heterocycles. The molecule has 6 nitrogen and oxygen atoms in total. The molecule has 1 aliphatic heterocycles. The zero-order valence-electron chi connectivity index (χ0n) is 15.1. The van der Waals surface area contributed by atoms with E-state index in [2.05, 4.69) is 59.4 Å². The lowest BCUT2D eigenvalue weighted by Crippen LogP contribution is -2.30. The van der Waals surface area contributed by atoms with Crippen molar-refractivity contribution in [3.63, 3.8) is 0 Å². The first-order valence-corrected chi connectivity index (χ1v) is 9.53. The van der Waals surface area contributed by atoms with Crippen molar-refractivity contribution in [3.8, 4) is 0 Å². The average Bonchev–Trinajstić information content (AvgIpc) is 3.22. The van der Waals surface area contributed by atoms with E-state index < -0.39 is 0 Å². The second-order valence-corrected chi connectivity index (χ2v) is 8.65. The number of aryl methyl sites for hydroxylation is 1. The summed E-state index contributed by atoms with van der Waals surface area (Å²) in [6, 6.07) is 0. The number of rotatable bonds is 6. The minimum absolute atomic E-state index is 0.0281. The molecule has 0 saturated carbocycles. The highest BCUT2D eigenvalue weighted by Crippen LogP contribution is 2.20. The summed E-state index contributed by atoms with van der Waals surface area (Å²) in [6.45, 7) is 13.7. The van der Waals surface area contributed by atoms with E-state index in [9.17, 15) is 0 Å². The van der Waals surface area contributed by atoms with Crippen LogP contribution in [0.25, 0.3) is 0 Å². The molecule has 2 aromatic heterocycles. The Bertz CT molecular complexity index is 650. The molecule has 2 aromatic rings. The third-order valence-electron chi connectivity index (χ3n) is 4.50. The van der Waals surface area contributed by atoms with Crippen molar-refractivity contribution >= 4 is 11.3 Å². The molecule has 3 rings (SSSR count). The highest BCUT2D eigenvalue weighted by atomic mass is 32.1. The van der Waals surface area contributed by atoms with Gasteiger partial charge in [0.05, 0.1) is 28.6 Å². The van der Waals surface area contributed by atoms with Crippen molar-refractivity contribution in [1.29, 1.82) is 0 Å². The number of aromatic nitrogens is 4. The van der Waals surface area contributed by atoms with E-state index in [1.54, 1.807) is 11.3 Å². The molecule has 1 unspecified atom stereocenters. The average molecular weight is 349 g/mol. The van der Waals surface area contributed by atoms with Gasteiger partial charge in [0.1, 0.15) is 0 Å². The van der Waals surface area contributed by atoms with Gasteiger partial charge in [0.15, 0.2) is 0 Å². The molecule has 1 fully saturated rings. The van der Waals surface area contributed by atoms with Crippen LogP contribution in [-0.2, 0) is 18.6 Å². The Morgan fingerprint density at radius 3 is 2.79 bits per heavy atom. The van der Waals surface area contributed by atoms with Gasteiger partial charge in [0, 0.05) is 24.5 Å². The van der Waals surface area contributed by atoms with E-state index in [1.165, 1.54) is 11.3 Å². The van der Waals surface area contributed by atoms with Gasteiger partial charge >= 0.3 is 0 Å². The van der Waals surface area contributed by atoms with Gasteiger partial charge in [-0.05, 0) is 53.1 Å². The van der Waals surface area contributed by atoms with Crippen LogP contribution >= 0.6 is 11.3 Å². The first-order valence-electron chi connectivity index (χ1n) is 8.65. The summed E-state index contributed by atoms with van der Waals surface area (Å²) < 4.78 is 1.95. The lowest BCUT2D eigenvalue weighted by molar-refractivity contribution is 0.219. The Labute approximate surface area is 148 Å². The topological polar surface area (TPSA) is 58.9 Å². The molecule has 1 N–H and O–H groups in total. The summed E-state index contributed by atoms with van der Waals surface area (Å²) in [5.74, 6) is 0.718. The molecule has 0 amide bonds. The van der Waals surface area contributed by atoms with Crippen molar-refractivity contribution in [2.24, 2.45) is 5.92 Å². The van der Waals surface area contributed by atoms with Crippen LogP contribution in [0.1, 0.15) is 43.5 Å². The van der Waals surface area contributed by atoms with Gasteiger partial charge in [0.2, 0.25) is 0 Å². The Hall–Kier alpha value is -1.31. The molecule has 132 valence electrons. The van der Waals surface area contributed by atoms with Crippen molar-refractivity contribution in [2.75, 3.05) is 19.6 Å². The Kier molecular flexibility index (Phi) is 5.32. The number of hydrogen-bond acceptors (Lipinski definition) is 6. The number of thiazole rings is 1. The van der Waals surface area contributed by atoms with Crippen molar-refractivity contribution in [3.05, 3.63) is 28.0 Å². The van der Waals surface area contributed by atoms with Gasteiger partial charge in [-0.1, -0.05) is 5.21 Å². The van der Waals surface area contributed by atoms with E-state index in [0.29, 0.717) is 0 Å². The summed E-state index contributed by atoms with van der Waals surface area (Å²) >= 11 is 1.75. The summed E-state index contributed by atoms with van der Waals surface area (Å²) in [6.07, 6.45) is 3.34. The van der Waals surface area contributed by atoms with E-state index in [-0.39, 0.29) is 5.54 Å². The predicted octanol–water partition coefficient (Wildman–Crippen LogP) is 2.41. The molecular weight excluding hydrogens is 320 g/mol. The maximum atomic E-state index is 4.39. The molecule has 0 aromatic carbocycles. The smallest absolute Gasteiger partial charge is 0.0967 e. The Morgan fingerprint density at radius 1 is 1.38 bits per heavy atom. The van der Waals surface area contributed by atoms with Crippen LogP contribution in [0, 0.1) is 12.8 Å². The maximum Gasteiger partial charge on any atom is 0.0967 e. The fourth-order valence-electron chi connectivity index (χ4n) is 3.03. The first kappa shape index (κ1) is 17.5. The lowest BCUT2D eigenvalue weighted by atomic mass is 10.1. The third kappa shape index (κ3) is 4.40. The van der Waals surface area contributed by atoms with Crippen molar-refractivity contribution < 1.29 is 0 Å². The molecule has 1 aliphatic rings. The molecule has 0 radical (unpaired) electrons. The van der Waals surface area contributed by atoms with Crippen LogP contribution in [-0.4, -0.2) is 44.5 Å². The molecular formula is C17H28N6S. The standard InChI is InChI=1S/C17H28N6S/c1-13-16(24-12-19-13)11-22(8-14-5-6-18-7-14)9-15-10-23(21-20-15)17(2,3)4/h10,12,14,18H,5-9,11H2,1-4H3. The van der Waals surface area contributed by atoms with Crippen LogP contribution in [0.15, 0.2) is 11.7 Å². The normalized spacial score (nSPS) is 18.6. The summed E-state index contributed by atoms with van der Waals surface area (Å²) in [4.78, 5) is 8.24. The Balaban J connectivity index is 1.71. The monoisotopic (exact) mass is 348 g/mol. The first-order chi connectivity index (χ1) is 11.4. The van der Waals surface area contributed by atoms with Gasteiger partial charge in [-0.2, -0.15) is 0 Å². The van der Waals surface area contributed by atoms with Gasteiger partial charge in [-0.25, -0.2) is 9.67 Å². The quantitative estimate of drug-likeness (QED) is 0.869. The second-order valence-electron chi connectivity index (χ2n) is 7.71. The summed E-state index contributed by atoms with van der Waals surface area (Å²) in [5, 5.41) is 12.2. The van der Waals surface area contributed by atoms with E-state index in [0.717, 1.165) is 50.0 Å². The zero-order chi connectivity index (χ0) is 17.2. The fraction of sp³-hybridized carbons (Fsp3) is 0.706. The maximum absolute atomic E-state index is 4.39. The number of nitrogens with zero attached hydrogens (tertiary/aromatic N) is 5. The molecule has 24 heavy (non-hydrogen) atoms. The lowest BCUT2D eigenvalue weighted by Gasteiger charge is -2.24. The summed E-state index contributed by atoms with van der Waals surface area (Å²) in [7, 11) is 0. The molecule has 7 heteroatoms. The molecule has 3 heterocycles. The van der Waals surface area contributed by atoms with Gasteiger partial charge < -0.3 is 5.32 Å². The van der Waals surface area contributed by atoms with Gasteiger partial charge in [0.25, 0.3) is 0 Å². The SMILES string of the molecule is Cc1ncsc1CN(Cc1cn(C(C)(C)C)nn1)CC1CCNC1. The van der Waals surface area contributed by atoms with Crippen molar-refractivity contribution in [2.45, 2.75) is 52.7 Å². The number of nitrogens with one attached hydrogen (secondary N) is 1. The van der Waals surface area contributed by atoms with Crippen molar-refractivity contribution in [1.82, 2.24) is 30.2 Å². The fourth-order valence-corrected chi connectivity index (χ4v) is 3.85. The highest BCUT2D eigenvalue weighted by molar-refractivity contribution is 7.09. The van der Waals surface area contributed by atoms with Crippen LogP contribution in [0.4, 0.5) is 0 Å². The third-order valence-corrected chi connectivity index (χ3v) is 5.42. The predicted molar refractivity (Wildman–Crippen MR) is 97.0 cm³/mol. The van der Waals surface area contributed by atoms with Gasteiger partial charge in [-0.15, -0.1) is 16.4 Å². The van der Waals surface area contributed by atoms with Crippen LogP contribution < -0.4 is 5.32 Å². The molecule has 0 bridgehead atoms. The Morgan fingerprint density at radius 2 is 2.21 bits per heavy atom. The van der Waals surface area contributed by atoms with Crippen LogP contribution in [0.5, 0.6) is 0 Å². The molecule has 0 aliphatic carbocycles.